The Morgan fingerprint density at radius 2 is 1.96 bits per heavy atom. The molecule has 1 N–H and O–H groups in total. The van der Waals surface area contributed by atoms with E-state index in [1.165, 1.54) is 13.2 Å². The van der Waals surface area contributed by atoms with Gasteiger partial charge in [0.05, 0.1) is 12.0 Å². The van der Waals surface area contributed by atoms with Crippen molar-refractivity contribution in [1.82, 2.24) is 9.47 Å². The number of para-hydroxylation sites is 1. The topological polar surface area (TPSA) is 106 Å². The van der Waals surface area contributed by atoms with Crippen LogP contribution in [0, 0.1) is 0 Å². The number of carboxylic acids is 1. The molecule has 9 heteroatoms. The zero-order valence-corrected chi connectivity index (χ0v) is 14.5. The summed E-state index contributed by atoms with van der Waals surface area (Å²) >= 11 is 0.689. The molecule has 0 radical (unpaired) electrons. The molecule has 0 atom stereocenters. The van der Waals surface area contributed by atoms with E-state index >= 15 is 0 Å². The number of aliphatic carboxylic acids is 1. The number of rotatable bonds is 5. The number of carbonyl (C=O) groups excluding carboxylic acids is 3. The van der Waals surface area contributed by atoms with Gasteiger partial charge < -0.3 is 14.4 Å². The molecule has 26 heavy (non-hydrogen) atoms. The lowest BCUT2D eigenvalue weighted by Gasteiger charge is -2.07. The maximum Gasteiger partial charge on any atom is 0.325 e. The maximum atomic E-state index is 12.3. The highest BCUT2D eigenvalue weighted by atomic mass is 32.2. The van der Waals surface area contributed by atoms with Gasteiger partial charge in [0.25, 0.3) is 11.1 Å². The zero-order chi connectivity index (χ0) is 18.8. The van der Waals surface area contributed by atoms with Crippen molar-refractivity contribution in [2.45, 2.75) is 6.54 Å². The van der Waals surface area contributed by atoms with Crippen molar-refractivity contribution in [2.24, 2.45) is 0 Å². The first kappa shape index (κ1) is 17.7. The second-order valence-electron chi connectivity index (χ2n) is 5.47. The van der Waals surface area contributed by atoms with E-state index in [9.17, 15) is 19.2 Å². The summed E-state index contributed by atoms with van der Waals surface area (Å²) in [4.78, 5) is 47.4. The summed E-state index contributed by atoms with van der Waals surface area (Å²) in [5.74, 6) is -2.32. The van der Waals surface area contributed by atoms with Crippen LogP contribution in [0.25, 0.3) is 17.0 Å². The van der Waals surface area contributed by atoms with Crippen LogP contribution in [0.3, 0.4) is 0 Å². The largest absolute Gasteiger partial charge is 0.480 e. The molecule has 2 amide bonds. The van der Waals surface area contributed by atoms with Crippen molar-refractivity contribution in [1.29, 1.82) is 0 Å². The molecule has 1 aromatic heterocycles. The Kier molecular flexibility index (Phi) is 4.81. The number of aromatic nitrogens is 1. The van der Waals surface area contributed by atoms with E-state index in [1.54, 1.807) is 10.8 Å². The lowest BCUT2D eigenvalue weighted by molar-refractivity contribution is -0.141. The van der Waals surface area contributed by atoms with Crippen LogP contribution >= 0.6 is 11.8 Å². The third-order valence-electron chi connectivity index (χ3n) is 3.80. The van der Waals surface area contributed by atoms with Crippen LogP contribution in [0.15, 0.2) is 35.4 Å². The van der Waals surface area contributed by atoms with Gasteiger partial charge in [-0.15, -0.1) is 0 Å². The summed E-state index contributed by atoms with van der Waals surface area (Å²) in [6.07, 6.45) is 3.22. The number of amides is 2. The van der Waals surface area contributed by atoms with Crippen LogP contribution in [-0.4, -0.2) is 51.3 Å². The van der Waals surface area contributed by atoms with E-state index in [4.69, 9.17) is 5.11 Å². The molecule has 1 aromatic carbocycles. The molecule has 2 heterocycles. The fourth-order valence-corrected chi connectivity index (χ4v) is 3.47. The summed E-state index contributed by atoms with van der Waals surface area (Å²) in [6, 6.07) is 7.29. The van der Waals surface area contributed by atoms with Gasteiger partial charge in [-0.2, -0.15) is 0 Å². The predicted octanol–water partition coefficient (Wildman–Crippen LogP) is 1.94. The lowest BCUT2D eigenvalue weighted by Crippen LogP contribution is -2.33. The van der Waals surface area contributed by atoms with Crippen LogP contribution in [0.2, 0.25) is 0 Å². The van der Waals surface area contributed by atoms with E-state index in [0.29, 0.717) is 22.2 Å². The number of carboxylic acid groups (broad SMARTS) is 1. The summed E-state index contributed by atoms with van der Waals surface area (Å²) in [7, 11) is 1.30. The average molecular weight is 374 g/mol. The maximum absolute atomic E-state index is 12.3. The number of hydrogen-bond donors (Lipinski definition) is 1. The van der Waals surface area contributed by atoms with Crippen LogP contribution < -0.4 is 0 Å². The molecule has 1 saturated heterocycles. The average Bonchev–Trinajstić information content (AvgIpc) is 3.07. The Bertz CT molecular complexity index is 961. The number of ether oxygens (including phenoxy) is 1. The Hall–Kier alpha value is -3.07. The van der Waals surface area contributed by atoms with E-state index in [1.807, 2.05) is 24.3 Å². The molecule has 0 unspecified atom stereocenters. The molecule has 2 aromatic rings. The highest BCUT2D eigenvalue weighted by Crippen LogP contribution is 2.34. The van der Waals surface area contributed by atoms with Gasteiger partial charge in [0.1, 0.15) is 13.1 Å². The molecule has 1 fully saturated rings. The number of benzene rings is 1. The van der Waals surface area contributed by atoms with Gasteiger partial charge in [-0.25, -0.2) is 0 Å². The number of carbonyl (C=O) groups is 4. The normalized spacial score (nSPS) is 15.9. The summed E-state index contributed by atoms with van der Waals surface area (Å²) in [5, 5.41) is 8.99. The minimum absolute atomic E-state index is 0.00530. The number of fused-ring (bicyclic) bond motifs is 1. The Labute approximate surface area is 152 Å². The zero-order valence-electron chi connectivity index (χ0n) is 13.7. The van der Waals surface area contributed by atoms with Crippen molar-refractivity contribution < 1.29 is 29.0 Å². The van der Waals surface area contributed by atoms with Gasteiger partial charge in [0.2, 0.25) is 0 Å². The SMILES string of the molecule is COC(=O)Cn1cc(/C=C2/SC(=O)N(CC(=O)O)C2=O)c2ccccc21. The molecular weight excluding hydrogens is 360 g/mol. The molecular formula is C17H14N2O6S. The molecule has 0 spiro atoms. The van der Waals surface area contributed by atoms with Gasteiger partial charge >= 0.3 is 11.9 Å². The Morgan fingerprint density at radius 1 is 1.23 bits per heavy atom. The summed E-state index contributed by atoms with van der Waals surface area (Å²) in [6.45, 7) is -0.669. The molecule has 8 nitrogen and oxygen atoms in total. The molecule has 0 saturated carbocycles. The minimum atomic E-state index is -1.26. The van der Waals surface area contributed by atoms with Crippen LogP contribution in [0.1, 0.15) is 5.56 Å². The fourth-order valence-electron chi connectivity index (χ4n) is 2.64. The highest BCUT2D eigenvalue weighted by molar-refractivity contribution is 8.18. The molecule has 0 bridgehead atoms. The predicted molar refractivity (Wildman–Crippen MR) is 94.3 cm³/mol. The first-order valence-electron chi connectivity index (χ1n) is 7.52. The third-order valence-corrected chi connectivity index (χ3v) is 4.71. The molecule has 1 aliphatic rings. The molecule has 134 valence electrons. The number of hydrogen-bond acceptors (Lipinski definition) is 6. The Balaban J connectivity index is 2.00. The van der Waals surface area contributed by atoms with Crippen molar-refractivity contribution in [3.8, 4) is 0 Å². The number of methoxy groups -OCH3 is 1. The van der Waals surface area contributed by atoms with Gasteiger partial charge in [-0.1, -0.05) is 18.2 Å². The van der Waals surface area contributed by atoms with Crippen LogP contribution in [0.4, 0.5) is 4.79 Å². The molecule has 1 aliphatic heterocycles. The number of nitrogens with zero attached hydrogens (tertiary/aromatic N) is 2. The van der Waals surface area contributed by atoms with Crippen molar-refractivity contribution in [3.05, 3.63) is 40.9 Å². The number of esters is 1. The summed E-state index contributed by atoms with van der Waals surface area (Å²) in [5.41, 5.74) is 1.42. The van der Waals surface area contributed by atoms with Gasteiger partial charge in [-0.3, -0.25) is 24.1 Å². The van der Waals surface area contributed by atoms with Crippen molar-refractivity contribution in [3.63, 3.8) is 0 Å². The van der Waals surface area contributed by atoms with Crippen molar-refractivity contribution >= 4 is 51.8 Å². The number of thioether (sulfide) groups is 1. The molecule has 0 aliphatic carbocycles. The van der Waals surface area contributed by atoms with E-state index in [2.05, 4.69) is 4.74 Å². The first-order valence-corrected chi connectivity index (χ1v) is 8.34. The van der Waals surface area contributed by atoms with E-state index < -0.39 is 29.6 Å². The van der Waals surface area contributed by atoms with Crippen molar-refractivity contribution in [2.75, 3.05) is 13.7 Å². The number of imide groups is 1. The first-order chi connectivity index (χ1) is 12.4. The Morgan fingerprint density at radius 3 is 2.65 bits per heavy atom. The fraction of sp³-hybridized carbons (Fsp3) is 0.176. The van der Waals surface area contributed by atoms with Crippen LogP contribution in [-0.2, 0) is 25.7 Å². The van der Waals surface area contributed by atoms with E-state index in [0.717, 1.165) is 10.9 Å². The van der Waals surface area contributed by atoms with E-state index in [-0.39, 0.29) is 11.4 Å². The monoisotopic (exact) mass is 374 g/mol. The smallest absolute Gasteiger partial charge is 0.325 e. The van der Waals surface area contributed by atoms with Gasteiger partial charge in [-0.05, 0) is 23.9 Å². The molecule has 3 rings (SSSR count). The summed E-state index contributed by atoms with van der Waals surface area (Å²) < 4.78 is 6.38. The highest BCUT2D eigenvalue weighted by Gasteiger charge is 2.36. The second kappa shape index (κ2) is 7.04. The van der Waals surface area contributed by atoms with Gasteiger partial charge in [0, 0.05) is 22.7 Å². The standard InChI is InChI=1S/C17H14N2O6S/c1-25-15(22)9-18-7-10(11-4-2-3-5-12(11)18)6-13-16(23)19(8-14(20)21)17(24)26-13/h2-7H,8-9H2,1H3,(H,20,21)/b13-6+. The van der Waals surface area contributed by atoms with Gasteiger partial charge in [0.15, 0.2) is 0 Å². The lowest BCUT2D eigenvalue weighted by atomic mass is 10.1. The second-order valence-corrected chi connectivity index (χ2v) is 6.46. The quantitative estimate of drug-likeness (QED) is 0.630. The van der Waals surface area contributed by atoms with Crippen LogP contribution in [0.5, 0.6) is 0 Å². The third kappa shape index (κ3) is 3.33. The minimum Gasteiger partial charge on any atom is -0.480 e.